The van der Waals surface area contributed by atoms with E-state index < -0.39 is 0 Å². The lowest BCUT2D eigenvalue weighted by Crippen LogP contribution is -2.05. The molecule has 3 aromatic rings. The number of aromatic nitrogens is 3. The zero-order valence-electron chi connectivity index (χ0n) is 14.7. The van der Waals surface area contributed by atoms with Gasteiger partial charge >= 0.3 is 0 Å². The number of aromatic hydroxyl groups is 1. The SMILES string of the molecule is CCCCCCCCOc1c(O)cccc1-n1nc2ccccc2n1. The van der Waals surface area contributed by atoms with Crippen LogP contribution in [0.4, 0.5) is 0 Å². The third kappa shape index (κ3) is 4.29. The van der Waals surface area contributed by atoms with Crippen LogP contribution in [0.3, 0.4) is 0 Å². The molecule has 1 aromatic heterocycles. The molecule has 0 aliphatic rings. The van der Waals surface area contributed by atoms with Crippen LogP contribution in [0.5, 0.6) is 11.5 Å². The quantitative estimate of drug-likeness (QED) is 0.565. The smallest absolute Gasteiger partial charge is 0.188 e. The molecule has 0 aliphatic heterocycles. The Morgan fingerprint density at radius 3 is 2.28 bits per heavy atom. The van der Waals surface area contributed by atoms with E-state index >= 15 is 0 Å². The fourth-order valence-corrected chi connectivity index (χ4v) is 2.84. The average Bonchev–Trinajstić information content (AvgIpc) is 3.06. The molecule has 3 rings (SSSR count). The van der Waals surface area contributed by atoms with Crippen LogP contribution in [-0.4, -0.2) is 26.7 Å². The Bertz CT molecular complexity index is 781. The van der Waals surface area contributed by atoms with Gasteiger partial charge in [0.15, 0.2) is 11.5 Å². The molecule has 0 spiro atoms. The summed E-state index contributed by atoms with van der Waals surface area (Å²) in [4.78, 5) is 1.53. The van der Waals surface area contributed by atoms with Gasteiger partial charge in [-0.3, -0.25) is 0 Å². The van der Waals surface area contributed by atoms with Gasteiger partial charge in [-0.2, -0.15) is 0 Å². The highest BCUT2D eigenvalue weighted by molar-refractivity contribution is 5.73. The molecule has 0 bridgehead atoms. The van der Waals surface area contributed by atoms with Crippen LogP contribution in [-0.2, 0) is 0 Å². The van der Waals surface area contributed by atoms with Crippen LogP contribution < -0.4 is 4.74 Å². The Morgan fingerprint density at radius 2 is 1.56 bits per heavy atom. The summed E-state index contributed by atoms with van der Waals surface area (Å²) in [6.45, 7) is 2.80. The first-order chi connectivity index (χ1) is 12.3. The lowest BCUT2D eigenvalue weighted by Gasteiger charge is -2.12. The molecule has 5 nitrogen and oxygen atoms in total. The van der Waals surface area contributed by atoms with Crippen molar-refractivity contribution in [2.45, 2.75) is 45.4 Å². The number of fused-ring (bicyclic) bond motifs is 1. The van der Waals surface area contributed by atoms with E-state index in [0.29, 0.717) is 18.0 Å². The molecule has 0 atom stereocenters. The minimum Gasteiger partial charge on any atom is -0.504 e. The van der Waals surface area contributed by atoms with Gasteiger partial charge in [0, 0.05) is 0 Å². The van der Waals surface area contributed by atoms with E-state index in [1.54, 1.807) is 12.1 Å². The molecule has 0 amide bonds. The number of hydrogen-bond donors (Lipinski definition) is 1. The van der Waals surface area contributed by atoms with Crippen LogP contribution in [0.25, 0.3) is 16.7 Å². The van der Waals surface area contributed by atoms with E-state index in [1.165, 1.54) is 30.5 Å². The number of benzene rings is 2. The number of nitrogens with zero attached hydrogens (tertiary/aromatic N) is 3. The molecule has 0 fully saturated rings. The Morgan fingerprint density at radius 1 is 0.880 bits per heavy atom. The number of unbranched alkanes of at least 4 members (excludes halogenated alkanes) is 5. The van der Waals surface area contributed by atoms with Gasteiger partial charge in [-0.05, 0) is 30.7 Å². The van der Waals surface area contributed by atoms with Crippen molar-refractivity contribution in [3.8, 4) is 17.2 Å². The average molecular weight is 339 g/mol. The van der Waals surface area contributed by atoms with Gasteiger partial charge in [-0.15, -0.1) is 15.0 Å². The summed E-state index contributed by atoms with van der Waals surface area (Å²) in [5, 5.41) is 19.2. The fourth-order valence-electron chi connectivity index (χ4n) is 2.84. The van der Waals surface area contributed by atoms with E-state index in [-0.39, 0.29) is 5.75 Å². The van der Waals surface area contributed by atoms with E-state index in [9.17, 15) is 5.11 Å². The van der Waals surface area contributed by atoms with Crippen LogP contribution in [0, 0.1) is 0 Å². The second-order valence-corrected chi connectivity index (χ2v) is 6.22. The number of hydrogen-bond acceptors (Lipinski definition) is 4. The predicted molar refractivity (Wildman–Crippen MR) is 99.4 cm³/mol. The molecular weight excluding hydrogens is 314 g/mol. The summed E-state index contributed by atoms with van der Waals surface area (Å²) in [5.41, 5.74) is 2.28. The number of rotatable bonds is 9. The summed E-state index contributed by atoms with van der Waals surface area (Å²) < 4.78 is 5.87. The summed E-state index contributed by atoms with van der Waals surface area (Å²) >= 11 is 0. The summed E-state index contributed by atoms with van der Waals surface area (Å²) in [6, 6.07) is 12.9. The Balaban J connectivity index is 1.69. The minimum atomic E-state index is 0.116. The van der Waals surface area contributed by atoms with Crippen molar-refractivity contribution in [1.82, 2.24) is 15.0 Å². The first-order valence-electron chi connectivity index (χ1n) is 9.07. The third-order valence-corrected chi connectivity index (χ3v) is 4.22. The molecule has 0 unspecified atom stereocenters. The lowest BCUT2D eigenvalue weighted by molar-refractivity contribution is 0.287. The van der Waals surface area contributed by atoms with Gasteiger partial charge in [0.05, 0.1) is 6.61 Å². The second kappa shape index (κ2) is 8.51. The monoisotopic (exact) mass is 339 g/mol. The summed E-state index contributed by atoms with van der Waals surface area (Å²) in [6.07, 6.45) is 7.18. The third-order valence-electron chi connectivity index (χ3n) is 4.22. The zero-order chi connectivity index (χ0) is 17.5. The predicted octanol–water partition coefficient (Wildman–Crippen LogP) is 4.87. The molecule has 1 N–H and O–H groups in total. The molecular formula is C20H25N3O2. The van der Waals surface area contributed by atoms with E-state index in [2.05, 4.69) is 17.1 Å². The fraction of sp³-hybridized carbons (Fsp3) is 0.400. The first kappa shape index (κ1) is 17.3. The van der Waals surface area contributed by atoms with Gasteiger partial charge in [0.2, 0.25) is 0 Å². The van der Waals surface area contributed by atoms with E-state index in [0.717, 1.165) is 23.9 Å². The highest BCUT2D eigenvalue weighted by Crippen LogP contribution is 2.32. The van der Waals surface area contributed by atoms with Gasteiger partial charge in [0.25, 0.3) is 0 Å². The largest absolute Gasteiger partial charge is 0.504 e. The van der Waals surface area contributed by atoms with E-state index in [4.69, 9.17) is 4.74 Å². The van der Waals surface area contributed by atoms with Crippen molar-refractivity contribution in [1.29, 1.82) is 0 Å². The van der Waals surface area contributed by atoms with Crippen LogP contribution in [0.15, 0.2) is 42.5 Å². The maximum Gasteiger partial charge on any atom is 0.188 e. The van der Waals surface area contributed by atoms with Crippen molar-refractivity contribution < 1.29 is 9.84 Å². The number of phenols is 1. The maximum atomic E-state index is 10.2. The number of phenolic OH excluding ortho intramolecular Hbond substituents is 1. The van der Waals surface area contributed by atoms with Crippen LogP contribution >= 0.6 is 0 Å². The van der Waals surface area contributed by atoms with Gasteiger partial charge in [-0.25, -0.2) is 0 Å². The van der Waals surface area contributed by atoms with Crippen LogP contribution in [0.1, 0.15) is 45.4 Å². The van der Waals surface area contributed by atoms with Gasteiger partial charge in [-0.1, -0.05) is 57.2 Å². The summed E-state index contributed by atoms with van der Waals surface area (Å²) in [5.74, 6) is 0.557. The van der Waals surface area contributed by atoms with Crippen molar-refractivity contribution in [3.05, 3.63) is 42.5 Å². The molecule has 1 heterocycles. The minimum absolute atomic E-state index is 0.116. The molecule has 132 valence electrons. The topological polar surface area (TPSA) is 60.2 Å². The molecule has 0 saturated carbocycles. The lowest BCUT2D eigenvalue weighted by atomic mass is 10.1. The van der Waals surface area contributed by atoms with Crippen molar-refractivity contribution in [2.24, 2.45) is 0 Å². The standard InChI is InChI=1S/C20H25N3O2/c1-2-3-4-5-6-9-15-25-20-18(13-10-14-19(20)24)23-21-16-11-7-8-12-17(16)22-23/h7-8,10-14,24H,2-6,9,15H2,1H3. The normalized spacial score (nSPS) is 11.1. The molecule has 5 heteroatoms. The van der Waals surface area contributed by atoms with Gasteiger partial charge in [0.1, 0.15) is 16.7 Å². The van der Waals surface area contributed by atoms with Crippen molar-refractivity contribution >= 4 is 11.0 Å². The van der Waals surface area contributed by atoms with E-state index in [1.807, 2.05) is 30.3 Å². The summed E-state index contributed by atoms with van der Waals surface area (Å²) in [7, 11) is 0. The number of para-hydroxylation sites is 1. The van der Waals surface area contributed by atoms with Gasteiger partial charge < -0.3 is 9.84 Å². The van der Waals surface area contributed by atoms with Crippen LogP contribution in [0.2, 0.25) is 0 Å². The maximum absolute atomic E-state index is 10.2. The Kier molecular flexibility index (Phi) is 5.88. The molecule has 0 saturated heterocycles. The molecule has 0 radical (unpaired) electrons. The highest BCUT2D eigenvalue weighted by atomic mass is 16.5. The molecule has 25 heavy (non-hydrogen) atoms. The molecule has 0 aliphatic carbocycles. The Hall–Kier alpha value is -2.56. The number of ether oxygens (including phenoxy) is 1. The Labute approximate surface area is 148 Å². The zero-order valence-corrected chi connectivity index (χ0v) is 14.7. The van der Waals surface area contributed by atoms with Crippen molar-refractivity contribution in [3.63, 3.8) is 0 Å². The first-order valence-corrected chi connectivity index (χ1v) is 9.07. The highest BCUT2D eigenvalue weighted by Gasteiger charge is 2.14. The second-order valence-electron chi connectivity index (χ2n) is 6.22. The van der Waals surface area contributed by atoms with Crippen molar-refractivity contribution in [2.75, 3.05) is 6.61 Å². The molecule has 2 aromatic carbocycles.